The van der Waals surface area contributed by atoms with Gasteiger partial charge in [-0.05, 0) is 68.0 Å². The first-order valence-corrected chi connectivity index (χ1v) is 11.5. The third-order valence-corrected chi connectivity index (χ3v) is 6.89. The largest absolute Gasteiger partial charge is 0.494 e. The zero-order chi connectivity index (χ0) is 24.9. The molecule has 180 valence electrons. The summed E-state index contributed by atoms with van der Waals surface area (Å²) in [6, 6.07) is 14.1. The molecule has 2 amide bonds. The number of primary amides is 1. The van der Waals surface area contributed by atoms with E-state index in [-0.39, 0.29) is 11.7 Å². The number of carbonyl (C=O) groups is 2. The first kappa shape index (κ1) is 22.9. The van der Waals surface area contributed by atoms with E-state index in [1.807, 2.05) is 43.3 Å². The molecule has 0 aliphatic carbocycles. The lowest BCUT2D eigenvalue weighted by Gasteiger charge is -2.20. The summed E-state index contributed by atoms with van der Waals surface area (Å²) in [5.41, 5.74) is 9.15. The molecule has 1 aliphatic heterocycles. The van der Waals surface area contributed by atoms with Crippen LogP contribution >= 0.6 is 0 Å². The number of halogens is 1. The second-order valence-electron chi connectivity index (χ2n) is 9.20. The second kappa shape index (κ2) is 8.70. The lowest BCUT2D eigenvalue weighted by molar-refractivity contribution is 0.0783. The van der Waals surface area contributed by atoms with E-state index in [9.17, 15) is 14.0 Å². The third-order valence-electron chi connectivity index (χ3n) is 6.89. The fourth-order valence-corrected chi connectivity index (χ4v) is 4.88. The summed E-state index contributed by atoms with van der Waals surface area (Å²) in [5, 5.41) is 1.62. The zero-order valence-corrected chi connectivity index (χ0v) is 19.9. The summed E-state index contributed by atoms with van der Waals surface area (Å²) in [4.78, 5) is 32.8. The van der Waals surface area contributed by atoms with Crippen LogP contribution in [0.2, 0.25) is 0 Å². The first-order chi connectivity index (χ1) is 16.8. The molecule has 4 aromatic rings. The monoisotopic (exact) mass is 474 g/mol. The van der Waals surface area contributed by atoms with E-state index in [4.69, 9.17) is 10.5 Å². The van der Waals surface area contributed by atoms with E-state index < -0.39 is 11.7 Å². The number of benzene rings is 3. The number of nitrogens with one attached hydrogen (secondary N) is 1. The Morgan fingerprint density at radius 2 is 1.89 bits per heavy atom. The van der Waals surface area contributed by atoms with Crippen molar-refractivity contribution in [3.05, 3.63) is 65.5 Å². The lowest BCUT2D eigenvalue weighted by atomic mass is 9.98. The average Bonchev–Trinajstić information content (AvgIpc) is 3.47. The normalized spacial score (nSPS) is 15.9. The number of methoxy groups -OCH3 is 1. The predicted molar refractivity (Wildman–Crippen MR) is 134 cm³/mol. The number of nitrogens with zero attached hydrogens (tertiary/aromatic N) is 2. The van der Waals surface area contributed by atoms with Gasteiger partial charge in [0.05, 0.1) is 18.2 Å². The van der Waals surface area contributed by atoms with Gasteiger partial charge in [0.15, 0.2) is 11.6 Å². The highest BCUT2D eigenvalue weighted by molar-refractivity contribution is 6.17. The van der Waals surface area contributed by atoms with E-state index in [2.05, 4.69) is 9.88 Å². The molecular formula is C27H27FN4O3. The molecule has 0 radical (unpaired) electrons. The summed E-state index contributed by atoms with van der Waals surface area (Å²) >= 11 is 0. The number of hydrogen-bond acceptors (Lipinski definition) is 4. The fraction of sp³-hybridized carbons (Fsp3) is 0.259. The Bertz CT molecular complexity index is 1480. The van der Waals surface area contributed by atoms with Gasteiger partial charge in [0, 0.05) is 41.0 Å². The van der Waals surface area contributed by atoms with E-state index in [0.717, 1.165) is 29.3 Å². The van der Waals surface area contributed by atoms with Gasteiger partial charge in [-0.1, -0.05) is 12.1 Å². The number of ether oxygens (including phenoxy) is 1. The van der Waals surface area contributed by atoms with Crippen LogP contribution in [0.3, 0.4) is 0 Å². The SMILES string of the molecule is COc1ccc(-c2cc(C(N)=O)c3[nH]c4cc(C(=O)N5CC[C@H](N(C)C)C5)ccc4c3c2)cc1F. The third kappa shape index (κ3) is 4.00. The number of nitrogens with two attached hydrogens (primary N) is 1. The van der Waals surface area contributed by atoms with E-state index in [0.29, 0.717) is 40.4 Å². The van der Waals surface area contributed by atoms with Gasteiger partial charge in [-0.3, -0.25) is 9.59 Å². The van der Waals surface area contributed by atoms with Crippen molar-refractivity contribution in [2.75, 3.05) is 34.3 Å². The number of fused-ring (bicyclic) bond motifs is 3. The van der Waals surface area contributed by atoms with Crippen molar-refractivity contribution in [2.45, 2.75) is 12.5 Å². The minimum Gasteiger partial charge on any atom is -0.494 e. The number of likely N-dealkylation sites (tertiary alicyclic amines) is 1. The van der Waals surface area contributed by atoms with Gasteiger partial charge in [0.25, 0.3) is 11.8 Å². The molecule has 35 heavy (non-hydrogen) atoms. The van der Waals surface area contributed by atoms with Crippen LogP contribution in [0.5, 0.6) is 5.75 Å². The van der Waals surface area contributed by atoms with Crippen LogP contribution in [0.4, 0.5) is 4.39 Å². The van der Waals surface area contributed by atoms with Crippen LogP contribution in [-0.2, 0) is 0 Å². The average molecular weight is 475 g/mol. The molecule has 1 fully saturated rings. The molecule has 3 N–H and O–H groups in total. The Labute approximate surface area is 202 Å². The van der Waals surface area contributed by atoms with E-state index in [1.165, 1.54) is 13.2 Å². The highest BCUT2D eigenvalue weighted by atomic mass is 19.1. The van der Waals surface area contributed by atoms with Crippen molar-refractivity contribution in [3.8, 4) is 16.9 Å². The van der Waals surface area contributed by atoms with Gasteiger partial charge in [0.2, 0.25) is 0 Å². The first-order valence-electron chi connectivity index (χ1n) is 11.5. The van der Waals surface area contributed by atoms with E-state index in [1.54, 1.807) is 18.2 Å². The molecule has 0 spiro atoms. The minimum absolute atomic E-state index is 0.0144. The smallest absolute Gasteiger partial charge is 0.253 e. The quantitative estimate of drug-likeness (QED) is 0.457. The second-order valence-corrected chi connectivity index (χ2v) is 9.20. The van der Waals surface area contributed by atoms with Crippen molar-refractivity contribution in [1.82, 2.24) is 14.8 Å². The van der Waals surface area contributed by atoms with Crippen molar-refractivity contribution >= 4 is 33.6 Å². The number of rotatable bonds is 5. The molecule has 8 heteroatoms. The van der Waals surface area contributed by atoms with Crippen LogP contribution in [0.1, 0.15) is 27.1 Å². The molecule has 1 aromatic heterocycles. The molecule has 1 saturated heterocycles. The Morgan fingerprint density at radius 1 is 1.09 bits per heavy atom. The molecule has 1 atom stereocenters. The lowest BCUT2D eigenvalue weighted by Crippen LogP contribution is -2.34. The van der Waals surface area contributed by atoms with Gasteiger partial charge in [-0.15, -0.1) is 0 Å². The summed E-state index contributed by atoms with van der Waals surface area (Å²) < 4.78 is 19.4. The standard InChI is InChI=1S/C27H27FN4O3/c1-31(2)18-8-9-32(14-18)27(34)16-4-6-19-20-10-17(15-5-7-24(35-3)22(28)12-15)11-21(26(29)33)25(20)30-23(19)13-16/h4-7,10-13,18,30H,8-9,14H2,1-3H3,(H2,29,33)/t18-/m0/s1. The molecule has 1 aliphatic rings. The maximum atomic E-state index is 14.4. The summed E-state index contributed by atoms with van der Waals surface area (Å²) in [6.07, 6.45) is 0.948. The highest BCUT2D eigenvalue weighted by Crippen LogP contribution is 2.34. The number of aromatic amines is 1. The maximum absolute atomic E-state index is 14.4. The van der Waals surface area contributed by atoms with E-state index >= 15 is 0 Å². The summed E-state index contributed by atoms with van der Waals surface area (Å²) in [5.74, 6) is -0.963. The van der Waals surface area contributed by atoms with Gasteiger partial charge in [-0.2, -0.15) is 0 Å². The minimum atomic E-state index is -0.597. The molecule has 7 nitrogen and oxygen atoms in total. The van der Waals surface area contributed by atoms with Crippen LogP contribution in [0, 0.1) is 5.82 Å². The van der Waals surface area contributed by atoms with Crippen molar-refractivity contribution in [3.63, 3.8) is 0 Å². The number of H-pyrrole nitrogens is 1. The molecule has 3 aromatic carbocycles. The summed E-state index contributed by atoms with van der Waals surface area (Å²) in [7, 11) is 5.46. The topological polar surface area (TPSA) is 91.7 Å². The Balaban J connectivity index is 1.58. The van der Waals surface area contributed by atoms with Gasteiger partial charge in [-0.25, -0.2) is 4.39 Å². The van der Waals surface area contributed by atoms with Crippen LogP contribution in [0.25, 0.3) is 32.9 Å². The number of amides is 2. The zero-order valence-electron chi connectivity index (χ0n) is 19.9. The van der Waals surface area contributed by atoms with Gasteiger partial charge < -0.3 is 25.3 Å². The molecular weight excluding hydrogens is 447 g/mol. The molecule has 0 unspecified atom stereocenters. The highest BCUT2D eigenvalue weighted by Gasteiger charge is 2.28. The van der Waals surface area contributed by atoms with Crippen LogP contribution in [-0.4, -0.2) is 66.9 Å². The molecule has 0 saturated carbocycles. The molecule has 2 heterocycles. The molecule has 0 bridgehead atoms. The number of hydrogen-bond donors (Lipinski definition) is 2. The fourth-order valence-electron chi connectivity index (χ4n) is 4.88. The summed E-state index contributed by atoms with van der Waals surface area (Å²) in [6.45, 7) is 1.42. The van der Waals surface area contributed by atoms with Crippen LogP contribution < -0.4 is 10.5 Å². The van der Waals surface area contributed by atoms with Gasteiger partial charge >= 0.3 is 0 Å². The Morgan fingerprint density at radius 3 is 2.54 bits per heavy atom. The van der Waals surface area contributed by atoms with Crippen molar-refractivity contribution < 1.29 is 18.7 Å². The number of likely N-dealkylation sites (N-methyl/N-ethyl adjacent to an activating group) is 1. The maximum Gasteiger partial charge on any atom is 0.253 e. The predicted octanol–water partition coefficient (Wildman–Crippen LogP) is 4.01. The number of aromatic nitrogens is 1. The van der Waals surface area contributed by atoms with Gasteiger partial charge in [0.1, 0.15) is 0 Å². The molecule has 5 rings (SSSR count). The van der Waals surface area contributed by atoms with Crippen molar-refractivity contribution in [1.29, 1.82) is 0 Å². The number of carbonyl (C=O) groups excluding carboxylic acids is 2. The van der Waals surface area contributed by atoms with Crippen molar-refractivity contribution in [2.24, 2.45) is 5.73 Å². The Hall–Kier alpha value is -3.91. The van der Waals surface area contributed by atoms with Crippen LogP contribution in [0.15, 0.2) is 48.5 Å². The Kier molecular flexibility index (Phi) is 5.68.